The van der Waals surface area contributed by atoms with Crippen LogP contribution in [0.1, 0.15) is 43.4 Å². The summed E-state index contributed by atoms with van der Waals surface area (Å²) < 4.78 is 6.11. The number of nitrogens with one attached hydrogen (secondary N) is 1. The van der Waals surface area contributed by atoms with E-state index >= 15 is 0 Å². The molecule has 0 bridgehead atoms. The van der Waals surface area contributed by atoms with Gasteiger partial charge in [-0.05, 0) is 50.0 Å². The van der Waals surface area contributed by atoms with Crippen LogP contribution in [-0.2, 0) is 4.74 Å². The Morgan fingerprint density at radius 3 is 3.00 bits per heavy atom. The SMILES string of the molecule is Cc1ccccc1C(C)NC1CCOC2(CCSC2)C1. The normalized spacial score (nSPS) is 31.6. The third-order valence-corrected chi connectivity index (χ3v) is 5.92. The quantitative estimate of drug-likeness (QED) is 0.917. The Hall–Kier alpha value is -0.510. The molecule has 20 heavy (non-hydrogen) atoms. The van der Waals surface area contributed by atoms with E-state index in [2.05, 4.69) is 43.4 Å². The lowest BCUT2D eigenvalue weighted by atomic mass is 9.89. The van der Waals surface area contributed by atoms with Gasteiger partial charge in [-0.1, -0.05) is 24.3 Å². The first-order chi connectivity index (χ1) is 9.69. The molecule has 1 N–H and O–H groups in total. The van der Waals surface area contributed by atoms with Crippen molar-refractivity contribution in [1.29, 1.82) is 0 Å². The smallest absolute Gasteiger partial charge is 0.0795 e. The minimum Gasteiger partial charge on any atom is -0.374 e. The molecular formula is C17H25NOS. The molecule has 1 aromatic carbocycles. The highest BCUT2D eigenvalue weighted by Crippen LogP contribution is 2.38. The van der Waals surface area contributed by atoms with Crippen molar-refractivity contribution in [2.45, 2.75) is 50.8 Å². The number of hydrogen-bond acceptors (Lipinski definition) is 3. The molecule has 110 valence electrons. The van der Waals surface area contributed by atoms with Crippen LogP contribution in [0.5, 0.6) is 0 Å². The van der Waals surface area contributed by atoms with Crippen LogP contribution in [-0.4, -0.2) is 29.8 Å². The molecule has 1 aromatic rings. The minimum atomic E-state index is 0.173. The lowest BCUT2D eigenvalue weighted by molar-refractivity contribution is -0.0711. The van der Waals surface area contributed by atoms with Gasteiger partial charge >= 0.3 is 0 Å². The van der Waals surface area contributed by atoms with Crippen molar-refractivity contribution in [2.75, 3.05) is 18.1 Å². The van der Waals surface area contributed by atoms with Gasteiger partial charge in [0.15, 0.2) is 0 Å². The van der Waals surface area contributed by atoms with Crippen molar-refractivity contribution < 1.29 is 4.74 Å². The highest BCUT2D eigenvalue weighted by atomic mass is 32.2. The third-order valence-electron chi connectivity index (χ3n) is 4.70. The second kappa shape index (κ2) is 6.08. The number of rotatable bonds is 3. The predicted octanol–water partition coefficient (Wildman–Crippen LogP) is 3.70. The van der Waals surface area contributed by atoms with E-state index in [1.165, 1.54) is 35.5 Å². The molecule has 2 aliphatic rings. The molecular weight excluding hydrogens is 266 g/mol. The summed E-state index contributed by atoms with van der Waals surface area (Å²) in [6.45, 7) is 5.40. The Morgan fingerprint density at radius 2 is 2.25 bits per heavy atom. The van der Waals surface area contributed by atoms with Crippen LogP contribution in [0.2, 0.25) is 0 Å². The maximum atomic E-state index is 6.11. The van der Waals surface area contributed by atoms with E-state index in [1.807, 2.05) is 11.8 Å². The van der Waals surface area contributed by atoms with Gasteiger partial charge < -0.3 is 10.1 Å². The molecule has 2 fully saturated rings. The Kier molecular flexibility index (Phi) is 4.39. The molecule has 2 nitrogen and oxygen atoms in total. The molecule has 3 unspecified atom stereocenters. The first kappa shape index (κ1) is 14.4. The fourth-order valence-corrected chi connectivity index (χ4v) is 4.93. The summed E-state index contributed by atoms with van der Waals surface area (Å²) in [5.41, 5.74) is 2.98. The second-order valence-corrected chi connectivity index (χ2v) is 7.37. The van der Waals surface area contributed by atoms with Gasteiger partial charge in [0.1, 0.15) is 0 Å². The number of benzene rings is 1. The van der Waals surface area contributed by atoms with Crippen molar-refractivity contribution in [1.82, 2.24) is 5.32 Å². The Balaban J connectivity index is 1.64. The van der Waals surface area contributed by atoms with Crippen LogP contribution >= 0.6 is 11.8 Å². The maximum Gasteiger partial charge on any atom is 0.0795 e. The Bertz CT molecular complexity index is 456. The molecule has 1 spiro atoms. The van der Waals surface area contributed by atoms with Crippen molar-refractivity contribution in [2.24, 2.45) is 0 Å². The molecule has 0 radical (unpaired) electrons. The summed E-state index contributed by atoms with van der Waals surface area (Å²) in [5, 5.41) is 3.84. The molecule has 2 saturated heterocycles. The lowest BCUT2D eigenvalue weighted by Gasteiger charge is -2.39. The molecule has 3 atom stereocenters. The highest BCUT2D eigenvalue weighted by Gasteiger charge is 2.40. The van der Waals surface area contributed by atoms with E-state index in [9.17, 15) is 0 Å². The molecule has 2 heterocycles. The van der Waals surface area contributed by atoms with Crippen molar-refractivity contribution in [3.05, 3.63) is 35.4 Å². The van der Waals surface area contributed by atoms with Crippen LogP contribution < -0.4 is 5.32 Å². The van der Waals surface area contributed by atoms with Gasteiger partial charge in [0, 0.05) is 24.4 Å². The molecule has 0 amide bonds. The van der Waals surface area contributed by atoms with Gasteiger partial charge in [-0.3, -0.25) is 0 Å². The summed E-state index contributed by atoms with van der Waals surface area (Å²) in [6, 6.07) is 9.72. The molecule has 2 aliphatic heterocycles. The van der Waals surface area contributed by atoms with Gasteiger partial charge in [-0.2, -0.15) is 11.8 Å². The van der Waals surface area contributed by atoms with Crippen molar-refractivity contribution in [3.8, 4) is 0 Å². The van der Waals surface area contributed by atoms with Gasteiger partial charge in [0.2, 0.25) is 0 Å². The zero-order valence-electron chi connectivity index (χ0n) is 12.5. The minimum absolute atomic E-state index is 0.173. The van der Waals surface area contributed by atoms with Gasteiger partial charge in [-0.15, -0.1) is 0 Å². The van der Waals surface area contributed by atoms with Crippen LogP contribution in [0, 0.1) is 6.92 Å². The van der Waals surface area contributed by atoms with E-state index in [-0.39, 0.29) is 5.60 Å². The molecule has 3 heteroatoms. The molecule has 0 saturated carbocycles. The first-order valence-corrected chi connectivity index (χ1v) is 8.87. The maximum absolute atomic E-state index is 6.11. The van der Waals surface area contributed by atoms with Gasteiger partial charge in [-0.25, -0.2) is 0 Å². The summed E-state index contributed by atoms with van der Waals surface area (Å²) in [5.74, 6) is 2.45. The van der Waals surface area contributed by atoms with E-state index < -0.39 is 0 Å². The van der Waals surface area contributed by atoms with E-state index in [1.54, 1.807) is 0 Å². The highest BCUT2D eigenvalue weighted by molar-refractivity contribution is 7.99. The predicted molar refractivity (Wildman–Crippen MR) is 86.4 cm³/mol. The fourth-order valence-electron chi connectivity index (χ4n) is 3.55. The largest absolute Gasteiger partial charge is 0.374 e. The third kappa shape index (κ3) is 3.05. The van der Waals surface area contributed by atoms with Crippen LogP contribution in [0.15, 0.2) is 24.3 Å². The summed E-state index contributed by atoms with van der Waals surface area (Å²) >= 11 is 2.05. The van der Waals surface area contributed by atoms with E-state index in [0.29, 0.717) is 12.1 Å². The topological polar surface area (TPSA) is 21.3 Å². The van der Waals surface area contributed by atoms with Gasteiger partial charge in [0.05, 0.1) is 5.60 Å². The lowest BCUT2D eigenvalue weighted by Crippen LogP contribution is -2.47. The fraction of sp³-hybridized carbons (Fsp3) is 0.647. The van der Waals surface area contributed by atoms with Crippen LogP contribution in [0.4, 0.5) is 0 Å². The van der Waals surface area contributed by atoms with Crippen molar-refractivity contribution in [3.63, 3.8) is 0 Å². The number of ether oxygens (including phenoxy) is 1. The summed E-state index contributed by atoms with van der Waals surface area (Å²) in [7, 11) is 0. The first-order valence-electron chi connectivity index (χ1n) is 7.72. The van der Waals surface area contributed by atoms with Crippen LogP contribution in [0.25, 0.3) is 0 Å². The Morgan fingerprint density at radius 1 is 1.40 bits per heavy atom. The van der Waals surface area contributed by atoms with Crippen LogP contribution in [0.3, 0.4) is 0 Å². The second-order valence-electron chi connectivity index (χ2n) is 6.27. The average Bonchev–Trinajstić information content (AvgIpc) is 2.87. The molecule has 0 aromatic heterocycles. The Labute approximate surface area is 126 Å². The summed E-state index contributed by atoms with van der Waals surface area (Å²) in [4.78, 5) is 0. The van der Waals surface area contributed by atoms with E-state index in [4.69, 9.17) is 4.74 Å². The molecule has 3 rings (SSSR count). The number of aryl methyl sites for hydroxylation is 1. The zero-order chi connectivity index (χ0) is 14.0. The van der Waals surface area contributed by atoms with E-state index in [0.717, 1.165) is 13.0 Å². The summed E-state index contributed by atoms with van der Waals surface area (Å²) in [6.07, 6.45) is 3.55. The number of thioether (sulfide) groups is 1. The molecule has 0 aliphatic carbocycles. The van der Waals surface area contributed by atoms with Crippen molar-refractivity contribution >= 4 is 11.8 Å². The standard InChI is InChI=1S/C17H25NOS/c1-13-5-3-4-6-16(13)14(2)18-15-7-9-19-17(11-15)8-10-20-12-17/h3-6,14-15,18H,7-12H2,1-2H3. The average molecular weight is 291 g/mol. The zero-order valence-corrected chi connectivity index (χ0v) is 13.3. The number of hydrogen-bond donors (Lipinski definition) is 1. The monoisotopic (exact) mass is 291 g/mol. The van der Waals surface area contributed by atoms with Gasteiger partial charge in [0.25, 0.3) is 0 Å².